The van der Waals surface area contributed by atoms with Gasteiger partial charge in [0.05, 0.1) is 20.3 Å². The molecule has 1 amide bonds. The third-order valence-corrected chi connectivity index (χ3v) is 3.79. The largest absolute Gasteiger partial charge is 0.493 e. The van der Waals surface area contributed by atoms with Crippen LogP contribution in [0.25, 0.3) is 6.08 Å². The average molecular weight is 346 g/mol. The molecule has 2 aromatic rings. The topological polar surface area (TPSA) is 47.6 Å². The van der Waals surface area contributed by atoms with Crippen LogP contribution in [0.3, 0.4) is 0 Å². The Morgan fingerprint density at radius 1 is 1.17 bits per heavy atom. The van der Waals surface area contributed by atoms with E-state index < -0.39 is 0 Å². The highest BCUT2D eigenvalue weighted by Crippen LogP contribution is 2.31. The molecule has 0 heterocycles. The number of amides is 1. The highest BCUT2D eigenvalue weighted by atomic mass is 35.5. The van der Waals surface area contributed by atoms with Gasteiger partial charge in [-0.15, -0.1) is 0 Å². The predicted molar refractivity (Wildman–Crippen MR) is 96.6 cm³/mol. The van der Waals surface area contributed by atoms with Crippen LogP contribution >= 0.6 is 11.6 Å². The van der Waals surface area contributed by atoms with Crippen molar-refractivity contribution in [1.29, 1.82) is 0 Å². The van der Waals surface area contributed by atoms with Crippen LogP contribution in [0.4, 0.5) is 0 Å². The van der Waals surface area contributed by atoms with Crippen molar-refractivity contribution in [2.24, 2.45) is 0 Å². The number of benzene rings is 2. The fourth-order valence-electron chi connectivity index (χ4n) is 2.33. The molecule has 2 aromatic carbocycles. The number of carbonyl (C=O) groups excluding carboxylic acids is 1. The van der Waals surface area contributed by atoms with Crippen LogP contribution in [0.1, 0.15) is 24.1 Å². The van der Waals surface area contributed by atoms with Crippen molar-refractivity contribution < 1.29 is 14.3 Å². The van der Waals surface area contributed by atoms with Gasteiger partial charge in [-0.25, -0.2) is 0 Å². The van der Waals surface area contributed by atoms with Gasteiger partial charge in [0, 0.05) is 16.7 Å². The van der Waals surface area contributed by atoms with Gasteiger partial charge >= 0.3 is 0 Å². The molecule has 0 fully saturated rings. The van der Waals surface area contributed by atoms with Gasteiger partial charge in [-0.2, -0.15) is 0 Å². The van der Waals surface area contributed by atoms with Crippen LogP contribution in [0.5, 0.6) is 11.5 Å². The minimum atomic E-state index is -0.202. The van der Waals surface area contributed by atoms with Gasteiger partial charge in [0.2, 0.25) is 5.91 Å². The lowest BCUT2D eigenvalue weighted by atomic mass is 10.1. The fourth-order valence-corrected chi connectivity index (χ4v) is 2.53. The molecule has 4 nitrogen and oxygen atoms in total. The van der Waals surface area contributed by atoms with Crippen molar-refractivity contribution in [2.45, 2.75) is 13.0 Å². The lowest BCUT2D eigenvalue weighted by Crippen LogP contribution is -2.24. The van der Waals surface area contributed by atoms with Crippen LogP contribution < -0.4 is 14.8 Å². The van der Waals surface area contributed by atoms with Gasteiger partial charge in [0.15, 0.2) is 11.5 Å². The molecule has 5 heteroatoms. The normalized spacial score (nSPS) is 12.0. The summed E-state index contributed by atoms with van der Waals surface area (Å²) in [4.78, 5) is 12.1. The van der Waals surface area contributed by atoms with Gasteiger partial charge in [-0.05, 0) is 36.8 Å². The summed E-state index contributed by atoms with van der Waals surface area (Å²) in [5.41, 5.74) is 1.71. The zero-order valence-corrected chi connectivity index (χ0v) is 14.6. The summed E-state index contributed by atoms with van der Waals surface area (Å²) in [6.45, 7) is 1.91. The van der Waals surface area contributed by atoms with Crippen molar-refractivity contribution in [2.75, 3.05) is 14.2 Å². The molecule has 1 atom stereocenters. The number of nitrogens with one attached hydrogen (secondary N) is 1. The standard InChI is InChI=1S/C19H20ClNO3/c1-13(15-7-4-8-16(20)12-15)21-18(22)11-10-14-6-5-9-17(23-2)19(14)24-3/h4-13H,1-3H3,(H,21,22)/b11-10+/t13-/m1/s1. The Balaban J connectivity index is 2.08. The van der Waals surface area contributed by atoms with E-state index in [9.17, 15) is 4.79 Å². The molecule has 0 spiro atoms. The molecule has 0 unspecified atom stereocenters. The van der Waals surface area contributed by atoms with E-state index in [1.54, 1.807) is 32.4 Å². The summed E-state index contributed by atoms with van der Waals surface area (Å²) in [6, 6.07) is 12.8. The fraction of sp³-hybridized carbons (Fsp3) is 0.211. The second-order valence-corrected chi connectivity index (χ2v) is 5.64. The van der Waals surface area contributed by atoms with E-state index in [0.29, 0.717) is 16.5 Å². The van der Waals surface area contributed by atoms with Crippen LogP contribution in [0.15, 0.2) is 48.5 Å². The highest BCUT2D eigenvalue weighted by molar-refractivity contribution is 6.30. The van der Waals surface area contributed by atoms with Crippen molar-refractivity contribution in [3.05, 3.63) is 64.7 Å². The van der Waals surface area contributed by atoms with Gasteiger partial charge in [0.1, 0.15) is 0 Å². The summed E-state index contributed by atoms with van der Waals surface area (Å²) in [5.74, 6) is 1.01. The Bertz CT molecular complexity index is 743. The zero-order valence-electron chi connectivity index (χ0n) is 13.9. The maximum absolute atomic E-state index is 12.1. The van der Waals surface area contributed by atoms with Crippen LogP contribution in [0.2, 0.25) is 5.02 Å². The summed E-state index contributed by atoms with van der Waals surface area (Å²) >= 11 is 5.98. The number of ether oxygens (including phenoxy) is 2. The number of para-hydroxylation sites is 1. The average Bonchev–Trinajstić information content (AvgIpc) is 2.59. The second-order valence-electron chi connectivity index (χ2n) is 5.20. The van der Waals surface area contributed by atoms with Gasteiger partial charge in [-0.3, -0.25) is 4.79 Å². The van der Waals surface area contributed by atoms with Gasteiger partial charge in [-0.1, -0.05) is 35.9 Å². The van der Waals surface area contributed by atoms with E-state index in [-0.39, 0.29) is 11.9 Å². The maximum Gasteiger partial charge on any atom is 0.244 e. The monoisotopic (exact) mass is 345 g/mol. The number of hydrogen-bond donors (Lipinski definition) is 1. The Hall–Kier alpha value is -2.46. The summed E-state index contributed by atoms with van der Waals surface area (Å²) in [5, 5.41) is 3.55. The number of hydrogen-bond acceptors (Lipinski definition) is 3. The van der Waals surface area contributed by atoms with Crippen molar-refractivity contribution >= 4 is 23.6 Å². The minimum Gasteiger partial charge on any atom is -0.493 e. The first-order valence-electron chi connectivity index (χ1n) is 7.50. The van der Waals surface area contributed by atoms with Crippen molar-refractivity contribution in [3.8, 4) is 11.5 Å². The molecule has 0 aromatic heterocycles. The van der Waals surface area contributed by atoms with Crippen LogP contribution in [0, 0.1) is 0 Å². The molecule has 0 aliphatic heterocycles. The van der Waals surface area contributed by atoms with E-state index in [1.165, 1.54) is 6.08 Å². The van der Waals surface area contributed by atoms with Gasteiger partial charge in [0.25, 0.3) is 0 Å². The van der Waals surface area contributed by atoms with E-state index in [1.807, 2.05) is 37.3 Å². The number of halogens is 1. The molecule has 126 valence electrons. The maximum atomic E-state index is 12.1. The van der Waals surface area contributed by atoms with E-state index in [0.717, 1.165) is 11.1 Å². The molecular formula is C19H20ClNO3. The highest BCUT2D eigenvalue weighted by Gasteiger charge is 2.09. The molecular weight excluding hydrogens is 326 g/mol. The second kappa shape index (κ2) is 8.41. The molecule has 0 aliphatic carbocycles. The van der Waals surface area contributed by atoms with E-state index >= 15 is 0 Å². The third-order valence-electron chi connectivity index (χ3n) is 3.56. The van der Waals surface area contributed by atoms with E-state index in [2.05, 4.69) is 5.32 Å². The number of rotatable bonds is 6. The first kappa shape index (κ1) is 17.9. The van der Waals surface area contributed by atoms with E-state index in [4.69, 9.17) is 21.1 Å². The predicted octanol–water partition coefficient (Wildman–Crippen LogP) is 4.25. The molecule has 0 saturated carbocycles. The molecule has 0 saturated heterocycles. The Labute approximate surface area is 147 Å². The molecule has 0 aliphatic rings. The lowest BCUT2D eigenvalue weighted by Gasteiger charge is -2.13. The summed E-state index contributed by atoms with van der Waals surface area (Å²) in [7, 11) is 3.14. The molecule has 0 radical (unpaired) electrons. The van der Waals surface area contributed by atoms with Crippen molar-refractivity contribution in [1.82, 2.24) is 5.32 Å². The molecule has 1 N–H and O–H groups in total. The van der Waals surface area contributed by atoms with Crippen LogP contribution in [-0.4, -0.2) is 20.1 Å². The molecule has 2 rings (SSSR count). The molecule has 24 heavy (non-hydrogen) atoms. The third kappa shape index (κ3) is 4.52. The smallest absolute Gasteiger partial charge is 0.244 e. The zero-order chi connectivity index (χ0) is 17.5. The summed E-state index contributed by atoms with van der Waals surface area (Å²) < 4.78 is 10.6. The number of carbonyl (C=O) groups is 1. The Kier molecular flexibility index (Phi) is 6.27. The first-order chi connectivity index (χ1) is 11.5. The quantitative estimate of drug-likeness (QED) is 0.796. The first-order valence-corrected chi connectivity index (χ1v) is 7.88. The van der Waals surface area contributed by atoms with Crippen LogP contribution in [-0.2, 0) is 4.79 Å². The summed E-state index contributed by atoms with van der Waals surface area (Å²) in [6.07, 6.45) is 3.17. The van der Waals surface area contributed by atoms with Gasteiger partial charge < -0.3 is 14.8 Å². The minimum absolute atomic E-state index is 0.145. The lowest BCUT2D eigenvalue weighted by molar-refractivity contribution is -0.117. The van der Waals surface area contributed by atoms with Crippen molar-refractivity contribution in [3.63, 3.8) is 0 Å². The SMILES string of the molecule is COc1cccc(/C=C/C(=O)N[C@H](C)c2cccc(Cl)c2)c1OC. The number of methoxy groups -OCH3 is 2. The Morgan fingerprint density at radius 3 is 2.58 bits per heavy atom. The Morgan fingerprint density at radius 2 is 1.92 bits per heavy atom. The molecule has 0 bridgehead atoms.